The number of urea groups is 1. The summed E-state index contributed by atoms with van der Waals surface area (Å²) in [4.78, 5) is 41.0. The van der Waals surface area contributed by atoms with E-state index in [2.05, 4.69) is 15.6 Å². The summed E-state index contributed by atoms with van der Waals surface area (Å²) >= 11 is 1.14. The number of para-hydroxylation sites is 1. The molecule has 1 aromatic carbocycles. The average molecular weight is 376 g/mol. The Labute approximate surface area is 156 Å². The van der Waals surface area contributed by atoms with Crippen LogP contribution in [0.5, 0.6) is 0 Å². The SMILES string of the molecule is CC[C@@H](C)NC(=O)NC(=O)CSc1nc2ccccc2c(=O)n1C(C)C. The van der Waals surface area contributed by atoms with Gasteiger partial charge in [-0.1, -0.05) is 30.8 Å². The standard InChI is InChI=1S/C18H24N4O3S/c1-5-12(4)19-17(25)21-15(23)10-26-18-20-14-9-7-6-8-13(14)16(24)22(18)11(2)3/h6-9,11-12H,5,10H2,1-4H3,(H2,19,21,23,25)/t12-/m1/s1. The minimum Gasteiger partial charge on any atom is -0.335 e. The largest absolute Gasteiger partial charge is 0.335 e. The molecule has 3 amide bonds. The number of carbonyl (C=O) groups is 2. The predicted molar refractivity (Wildman–Crippen MR) is 104 cm³/mol. The zero-order chi connectivity index (χ0) is 19.3. The summed E-state index contributed by atoms with van der Waals surface area (Å²) in [5.41, 5.74) is 0.454. The van der Waals surface area contributed by atoms with Crippen LogP contribution < -0.4 is 16.2 Å². The van der Waals surface area contributed by atoms with Crippen LogP contribution in [0.1, 0.15) is 40.2 Å². The molecule has 1 heterocycles. The molecular formula is C18H24N4O3S. The minimum atomic E-state index is -0.516. The number of carbonyl (C=O) groups excluding carboxylic acids is 2. The second-order valence-corrected chi connectivity index (χ2v) is 7.24. The zero-order valence-corrected chi connectivity index (χ0v) is 16.2. The Balaban J connectivity index is 2.15. The van der Waals surface area contributed by atoms with Gasteiger partial charge in [0.25, 0.3) is 5.56 Å². The number of benzene rings is 1. The Morgan fingerprint density at radius 2 is 1.92 bits per heavy atom. The Morgan fingerprint density at radius 3 is 2.58 bits per heavy atom. The van der Waals surface area contributed by atoms with Crippen molar-refractivity contribution in [1.29, 1.82) is 0 Å². The molecule has 2 rings (SSSR count). The first-order valence-electron chi connectivity index (χ1n) is 8.57. The molecule has 0 saturated heterocycles. The minimum absolute atomic E-state index is 0.00851. The molecule has 0 bridgehead atoms. The summed E-state index contributed by atoms with van der Waals surface area (Å²) in [7, 11) is 0. The van der Waals surface area contributed by atoms with Gasteiger partial charge < -0.3 is 5.32 Å². The molecule has 1 atom stereocenters. The third-order valence-electron chi connectivity index (χ3n) is 3.87. The summed E-state index contributed by atoms with van der Waals surface area (Å²) in [5.74, 6) is -0.445. The summed E-state index contributed by atoms with van der Waals surface area (Å²) in [6, 6.07) is 6.50. The smallest absolute Gasteiger partial charge is 0.321 e. The van der Waals surface area contributed by atoms with Gasteiger partial charge in [0.2, 0.25) is 5.91 Å². The van der Waals surface area contributed by atoms with Gasteiger partial charge in [-0.25, -0.2) is 9.78 Å². The molecule has 26 heavy (non-hydrogen) atoms. The number of aromatic nitrogens is 2. The van der Waals surface area contributed by atoms with Gasteiger partial charge in [-0.2, -0.15) is 0 Å². The van der Waals surface area contributed by atoms with Crippen molar-refractivity contribution >= 4 is 34.6 Å². The summed E-state index contributed by atoms with van der Waals surface area (Å²) in [6.07, 6.45) is 0.776. The normalized spacial score (nSPS) is 12.2. The van der Waals surface area contributed by atoms with E-state index in [1.165, 1.54) is 0 Å². The van der Waals surface area contributed by atoms with Crippen molar-refractivity contribution in [2.75, 3.05) is 5.75 Å². The second kappa shape index (κ2) is 8.84. The molecule has 2 N–H and O–H groups in total. The van der Waals surface area contributed by atoms with Crippen LogP contribution in [0.4, 0.5) is 4.79 Å². The molecule has 0 spiro atoms. The first kappa shape index (κ1) is 20.0. The summed E-state index contributed by atoms with van der Waals surface area (Å²) < 4.78 is 1.57. The van der Waals surface area contributed by atoms with Crippen LogP contribution >= 0.6 is 11.8 Å². The highest BCUT2D eigenvalue weighted by Crippen LogP contribution is 2.20. The van der Waals surface area contributed by atoms with Crippen LogP contribution in [0, 0.1) is 0 Å². The lowest BCUT2D eigenvalue weighted by Crippen LogP contribution is -2.44. The first-order chi connectivity index (χ1) is 12.3. The third-order valence-corrected chi connectivity index (χ3v) is 4.82. The second-order valence-electron chi connectivity index (χ2n) is 6.30. The summed E-state index contributed by atoms with van der Waals surface area (Å²) in [6.45, 7) is 7.58. The van der Waals surface area contributed by atoms with E-state index >= 15 is 0 Å². The van der Waals surface area contributed by atoms with Crippen molar-refractivity contribution in [2.24, 2.45) is 0 Å². The number of rotatable bonds is 6. The van der Waals surface area contributed by atoms with Crippen molar-refractivity contribution in [3.63, 3.8) is 0 Å². The van der Waals surface area contributed by atoms with Crippen LogP contribution in [-0.4, -0.2) is 33.3 Å². The molecule has 1 aromatic heterocycles. The van der Waals surface area contributed by atoms with Gasteiger partial charge in [0, 0.05) is 12.1 Å². The monoisotopic (exact) mass is 376 g/mol. The number of hydrogen-bond acceptors (Lipinski definition) is 5. The Morgan fingerprint density at radius 1 is 1.23 bits per heavy atom. The maximum Gasteiger partial charge on any atom is 0.321 e. The molecule has 0 aliphatic rings. The highest BCUT2D eigenvalue weighted by atomic mass is 32.2. The molecule has 0 aliphatic heterocycles. The highest BCUT2D eigenvalue weighted by molar-refractivity contribution is 7.99. The Hall–Kier alpha value is -2.35. The third kappa shape index (κ3) is 4.85. The molecule has 0 fully saturated rings. The molecule has 0 radical (unpaired) electrons. The van der Waals surface area contributed by atoms with Crippen molar-refractivity contribution in [3.8, 4) is 0 Å². The number of hydrogen-bond donors (Lipinski definition) is 2. The van der Waals surface area contributed by atoms with Gasteiger partial charge in [0.1, 0.15) is 0 Å². The van der Waals surface area contributed by atoms with E-state index < -0.39 is 11.9 Å². The van der Waals surface area contributed by atoms with Gasteiger partial charge >= 0.3 is 6.03 Å². The van der Waals surface area contributed by atoms with Gasteiger partial charge in [0.05, 0.1) is 16.7 Å². The fraction of sp³-hybridized carbons (Fsp3) is 0.444. The van der Waals surface area contributed by atoms with Gasteiger partial charge in [-0.05, 0) is 39.3 Å². The summed E-state index contributed by atoms with van der Waals surface area (Å²) in [5, 5.41) is 5.97. The number of imide groups is 1. The van der Waals surface area contributed by atoms with Gasteiger partial charge in [-0.3, -0.25) is 19.5 Å². The Kier molecular flexibility index (Phi) is 6.79. The van der Waals surface area contributed by atoms with Crippen molar-refractivity contribution in [1.82, 2.24) is 20.2 Å². The van der Waals surface area contributed by atoms with E-state index in [1.807, 2.05) is 33.8 Å². The van der Waals surface area contributed by atoms with E-state index in [1.54, 1.807) is 22.8 Å². The lowest BCUT2D eigenvalue weighted by Gasteiger charge is -2.16. The van der Waals surface area contributed by atoms with Crippen LogP contribution in [-0.2, 0) is 4.79 Å². The fourth-order valence-electron chi connectivity index (χ4n) is 2.34. The molecular weight excluding hydrogens is 352 g/mol. The van der Waals surface area contributed by atoms with Crippen LogP contribution in [0.2, 0.25) is 0 Å². The lowest BCUT2D eigenvalue weighted by atomic mass is 10.2. The number of nitrogens with one attached hydrogen (secondary N) is 2. The van der Waals surface area contributed by atoms with E-state index in [9.17, 15) is 14.4 Å². The van der Waals surface area contributed by atoms with Crippen molar-refractivity contribution in [3.05, 3.63) is 34.6 Å². The van der Waals surface area contributed by atoms with Crippen molar-refractivity contribution in [2.45, 2.75) is 51.4 Å². The molecule has 2 aromatic rings. The lowest BCUT2D eigenvalue weighted by molar-refractivity contribution is -0.117. The number of nitrogens with zero attached hydrogens (tertiary/aromatic N) is 2. The van der Waals surface area contributed by atoms with E-state index in [0.29, 0.717) is 16.1 Å². The predicted octanol–water partition coefficient (Wildman–Crippen LogP) is 2.69. The molecule has 0 aliphatic carbocycles. The first-order valence-corrected chi connectivity index (χ1v) is 9.56. The molecule has 7 nitrogen and oxygen atoms in total. The van der Waals surface area contributed by atoms with Crippen LogP contribution in [0.25, 0.3) is 10.9 Å². The topological polar surface area (TPSA) is 93.1 Å². The number of thioether (sulfide) groups is 1. The molecule has 140 valence electrons. The van der Waals surface area contributed by atoms with Crippen LogP contribution in [0.15, 0.2) is 34.2 Å². The number of amides is 3. The van der Waals surface area contributed by atoms with Crippen molar-refractivity contribution < 1.29 is 9.59 Å². The maximum atomic E-state index is 12.7. The molecule has 8 heteroatoms. The highest BCUT2D eigenvalue weighted by Gasteiger charge is 2.16. The quantitative estimate of drug-likeness (QED) is 0.597. The van der Waals surface area contributed by atoms with Gasteiger partial charge in [-0.15, -0.1) is 0 Å². The van der Waals surface area contributed by atoms with E-state index in [-0.39, 0.29) is 23.4 Å². The van der Waals surface area contributed by atoms with Crippen LogP contribution in [0.3, 0.4) is 0 Å². The molecule has 0 unspecified atom stereocenters. The average Bonchev–Trinajstić information content (AvgIpc) is 2.59. The molecule has 0 saturated carbocycles. The maximum absolute atomic E-state index is 12.7. The van der Waals surface area contributed by atoms with E-state index in [4.69, 9.17) is 0 Å². The fourth-order valence-corrected chi connectivity index (χ4v) is 3.27. The van der Waals surface area contributed by atoms with Gasteiger partial charge in [0.15, 0.2) is 5.16 Å². The van der Waals surface area contributed by atoms with E-state index in [0.717, 1.165) is 18.2 Å². The Bertz CT molecular complexity index is 863. The number of fused-ring (bicyclic) bond motifs is 1. The zero-order valence-electron chi connectivity index (χ0n) is 15.4.